The lowest BCUT2D eigenvalue weighted by atomic mass is 9.69. The van der Waals surface area contributed by atoms with Crippen LogP contribution in [0.1, 0.15) is 98.7 Å². The zero-order valence-corrected chi connectivity index (χ0v) is 39.6. The standard InChI is InChI=1S/C48H56ClFN8O7S.ClH/c49-36-9-6-11-39(43(36)50)65-33-15-20-48(21-16-33,29-32-7-4-12-40(52-32)55-47-51-22-28-66-47)46(63)53-31-17-24-57(25-18-31)23-2-1-3-26-64-27-19-42(60)54-37-10-5-8-34-35(37)30-58(45(34)62)38-13-14-41(59)56-44(38)61;/h4-12,22,28,31,33,38H,1-3,13-21,23-27,29-30H2,(H,53,63)(H,54,60)(H,51,52,55)(H,56,59,61);1H. The summed E-state index contributed by atoms with van der Waals surface area (Å²) < 4.78 is 26.6. The number of pyridine rings is 1. The number of ether oxygens (including phenoxy) is 2. The van der Waals surface area contributed by atoms with Crippen LogP contribution in [0.5, 0.6) is 5.75 Å². The second kappa shape index (κ2) is 23.2. The van der Waals surface area contributed by atoms with E-state index in [2.05, 4.69) is 31.2 Å². The van der Waals surface area contributed by atoms with Crippen molar-refractivity contribution in [1.29, 1.82) is 0 Å². The number of aromatic nitrogens is 2. The van der Waals surface area contributed by atoms with Crippen LogP contribution in [0.3, 0.4) is 0 Å². The zero-order valence-electron chi connectivity index (χ0n) is 37.2. The molecule has 5 amide bonds. The first-order chi connectivity index (χ1) is 32.0. The van der Waals surface area contributed by atoms with Crippen molar-refractivity contribution in [2.75, 3.05) is 43.5 Å². The van der Waals surface area contributed by atoms with Gasteiger partial charge in [-0.15, -0.1) is 23.7 Å². The van der Waals surface area contributed by atoms with Crippen LogP contribution in [-0.4, -0.2) is 100 Å². The van der Waals surface area contributed by atoms with Crippen molar-refractivity contribution in [1.82, 2.24) is 30.4 Å². The highest BCUT2D eigenvalue weighted by molar-refractivity contribution is 7.13. The zero-order chi connectivity index (χ0) is 46.0. The molecule has 1 aliphatic carbocycles. The molecular formula is C48H57Cl2FN8O7S. The molecule has 0 spiro atoms. The van der Waals surface area contributed by atoms with Gasteiger partial charge in [0.05, 0.1) is 29.6 Å². The van der Waals surface area contributed by atoms with Gasteiger partial charge in [0.25, 0.3) is 5.91 Å². The molecule has 3 fully saturated rings. The number of carbonyl (C=O) groups excluding carboxylic acids is 5. The SMILES string of the molecule is Cl.O=C1CCC(N2Cc3c(NC(=O)CCOCCCCCN4CCC(NC(=O)C5(Cc6cccc(Nc7nccs7)n6)CCC(Oc6cccc(Cl)c6F)CC5)CC4)cccc3C2=O)C(=O)N1. The molecule has 19 heteroatoms. The van der Waals surface area contributed by atoms with Gasteiger partial charge in [-0.3, -0.25) is 29.3 Å². The highest BCUT2D eigenvalue weighted by atomic mass is 35.5. The minimum Gasteiger partial charge on any atom is -0.487 e. The molecule has 3 aliphatic heterocycles. The van der Waals surface area contributed by atoms with Gasteiger partial charge in [0.1, 0.15) is 11.9 Å². The number of hydrogen-bond acceptors (Lipinski definition) is 12. The van der Waals surface area contributed by atoms with Crippen molar-refractivity contribution in [2.45, 2.75) is 108 Å². The fourth-order valence-electron chi connectivity index (χ4n) is 9.43. The molecule has 4 aliphatic rings. The summed E-state index contributed by atoms with van der Waals surface area (Å²) >= 11 is 7.51. The summed E-state index contributed by atoms with van der Waals surface area (Å²) in [6.45, 7) is 3.75. The van der Waals surface area contributed by atoms with E-state index in [0.717, 1.165) is 62.6 Å². The van der Waals surface area contributed by atoms with Crippen LogP contribution in [0.4, 0.5) is 21.0 Å². The number of unbranched alkanes of at least 4 members (excludes halogenated alkanes) is 2. The van der Waals surface area contributed by atoms with Gasteiger partial charge in [-0.1, -0.05) is 29.8 Å². The lowest BCUT2D eigenvalue weighted by Gasteiger charge is -2.41. The van der Waals surface area contributed by atoms with Crippen molar-refractivity contribution in [3.63, 3.8) is 0 Å². The smallest absolute Gasteiger partial charge is 0.255 e. The monoisotopic (exact) mass is 978 g/mol. The predicted molar refractivity (Wildman–Crippen MR) is 255 cm³/mol. The molecule has 67 heavy (non-hydrogen) atoms. The second-order valence-corrected chi connectivity index (χ2v) is 18.9. The predicted octanol–water partition coefficient (Wildman–Crippen LogP) is 7.60. The van der Waals surface area contributed by atoms with E-state index in [0.29, 0.717) is 61.3 Å². The number of piperidine rings is 2. The third kappa shape index (κ3) is 12.7. The van der Waals surface area contributed by atoms with E-state index in [-0.39, 0.29) is 91.4 Å². The van der Waals surface area contributed by atoms with Crippen LogP contribution >= 0.6 is 35.3 Å². The van der Waals surface area contributed by atoms with Gasteiger partial charge < -0.3 is 35.2 Å². The number of anilines is 3. The Bertz CT molecular complexity index is 2380. The van der Waals surface area contributed by atoms with Gasteiger partial charge in [0.15, 0.2) is 16.7 Å². The maximum absolute atomic E-state index is 14.7. The van der Waals surface area contributed by atoms with Crippen LogP contribution in [0, 0.1) is 11.2 Å². The summed E-state index contributed by atoms with van der Waals surface area (Å²) in [7, 11) is 0. The van der Waals surface area contributed by atoms with Crippen molar-refractivity contribution < 1.29 is 37.8 Å². The third-order valence-electron chi connectivity index (χ3n) is 13.1. The van der Waals surface area contributed by atoms with Gasteiger partial charge in [-0.2, -0.15) is 0 Å². The Morgan fingerprint density at radius 1 is 0.955 bits per heavy atom. The van der Waals surface area contributed by atoms with E-state index in [4.69, 9.17) is 26.1 Å². The van der Waals surface area contributed by atoms with Crippen molar-refractivity contribution in [3.05, 3.63) is 93.8 Å². The molecule has 0 radical (unpaired) electrons. The van der Waals surface area contributed by atoms with E-state index in [1.165, 1.54) is 22.3 Å². The first-order valence-corrected chi connectivity index (χ1v) is 24.2. The van der Waals surface area contributed by atoms with Crippen molar-refractivity contribution in [3.8, 4) is 5.75 Å². The average molecular weight is 980 g/mol. The molecule has 1 atom stereocenters. The number of amides is 5. The summed E-state index contributed by atoms with van der Waals surface area (Å²) in [5.41, 5.74) is 1.75. The third-order valence-corrected chi connectivity index (χ3v) is 14.1. The molecule has 15 nitrogen and oxygen atoms in total. The Labute approximate surface area is 404 Å². The average Bonchev–Trinajstić information content (AvgIpc) is 3.95. The fraction of sp³-hybridized carbons (Fsp3) is 0.479. The number of fused-ring (bicyclic) bond motifs is 1. The number of carbonyl (C=O) groups is 5. The van der Waals surface area contributed by atoms with Gasteiger partial charge in [-0.25, -0.2) is 14.4 Å². The molecule has 2 aromatic heterocycles. The lowest BCUT2D eigenvalue weighted by Crippen LogP contribution is -2.52. The fourth-order valence-corrected chi connectivity index (χ4v) is 10.1. The van der Waals surface area contributed by atoms with E-state index in [1.807, 2.05) is 23.6 Å². The Morgan fingerprint density at radius 2 is 1.75 bits per heavy atom. The van der Waals surface area contributed by atoms with Gasteiger partial charge in [-0.05, 0) is 107 Å². The Morgan fingerprint density at radius 3 is 2.52 bits per heavy atom. The highest BCUT2D eigenvalue weighted by Gasteiger charge is 2.44. The summed E-state index contributed by atoms with van der Waals surface area (Å²) in [4.78, 5) is 77.5. The molecular weight excluding hydrogens is 923 g/mol. The minimum atomic E-state index is -0.723. The molecule has 2 saturated heterocycles. The molecule has 1 unspecified atom stereocenters. The summed E-state index contributed by atoms with van der Waals surface area (Å²) in [6.07, 6.45) is 9.48. The molecule has 1 saturated carbocycles. The number of rotatable bonds is 19. The number of nitrogens with one attached hydrogen (secondary N) is 4. The number of thiazole rings is 1. The van der Waals surface area contributed by atoms with Crippen molar-refractivity contribution >= 4 is 81.5 Å². The number of imide groups is 1. The number of halogens is 3. The lowest BCUT2D eigenvalue weighted by molar-refractivity contribution is -0.137. The van der Waals surface area contributed by atoms with E-state index in [9.17, 15) is 28.4 Å². The normalized spacial score (nSPS) is 21.0. The summed E-state index contributed by atoms with van der Waals surface area (Å²) in [5, 5.41) is 14.6. The summed E-state index contributed by atoms with van der Waals surface area (Å²) in [5.74, 6) is -1.07. The van der Waals surface area contributed by atoms with E-state index in [1.54, 1.807) is 36.5 Å². The largest absolute Gasteiger partial charge is 0.487 e. The maximum atomic E-state index is 14.7. The second-order valence-electron chi connectivity index (χ2n) is 17.6. The molecule has 5 heterocycles. The van der Waals surface area contributed by atoms with Crippen LogP contribution in [0.25, 0.3) is 0 Å². The van der Waals surface area contributed by atoms with E-state index >= 15 is 0 Å². The molecule has 4 aromatic rings. The topological polar surface area (TPSA) is 184 Å². The van der Waals surface area contributed by atoms with Gasteiger partial charge in [0, 0.05) is 79.2 Å². The Hall–Kier alpha value is -5.20. The minimum absolute atomic E-state index is 0. The number of hydrogen-bond donors (Lipinski definition) is 4. The summed E-state index contributed by atoms with van der Waals surface area (Å²) in [6, 6.07) is 15.0. The quantitative estimate of drug-likeness (QED) is 0.0536. The van der Waals surface area contributed by atoms with Gasteiger partial charge in [0.2, 0.25) is 23.6 Å². The van der Waals surface area contributed by atoms with Crippen LogP contribution < -0.4 is 26.0 Å². The molecule has 4 N–H and O–H groups in total. The number of benzene rings is 2. The van der Waals surface area contributed by atoms with Gasteiger partial charge >= 0.3 is 0 Å². The van der Waals surface area contributed by atoms with E-state index < -0.39 is 23.2 Å². The van der Waals surface area contributed by atoms with Crippen LogP contribution in [-0.2, 0) is 36.9 Å². The highest BCUT2D eigenvalue weighted by Crippen LogP contribution is 2.42. The van der Waals surface area contributed by atoms with Crippen LogP contribution in [0.15, 0.2) is 66.2 Å². The Balaban J connectivity index is 0.00000666. The van der Waals surface area contributed by atoms with Crippen molar-refractivity contribution in [2.24, 2.45) is 5.41 Å². The number of likely N-dealkylation sites (tertiary alicyclic amines) is 1. The first-order valence-electron chi connectivity index (χ1n) is 22.9. The number of nitrogens with zero attached hydrogens (tertiary/aromatic N) is 4. The Kier molecular flexibility index (Phi) is 17.2. The van der Waals surface area contributed by atoms with Crippen LogP contribution in [0.2, 0.25) is 5.02 Å². The maximum Gasteiger partial charge on any atom is 0.255 e. The molecule has 2 aromatic carbocycles. The molecule has 0 bridgehead atoms. The molecule has 358 valence electrons. The molecule has 8 rings (SSSR count). The first kappa shape index (κ1) is 49.7.